The molecular weight excluding hydrogens is 359 g/mol. The predicted octanol–water partition coefficient (Wildman–Crippen LogP) is 3.83. The molecule has 0 spiro atoms. The van der Waals surface area contributed by atoms with Crippen LogP contribution in [0.25, 0.3) is 0 Å². The van der Waals surface area contributed by atoms with E-state index in [-0.39, 0.29) is 33.0 Å². The van der Waals surface area contributed by atoms with Crippen molar-refractivity contribution in [1.29, 1.82) is 0 Å². The third-order valence-electron chi connectivity index (χ3n) is 3.63. The van der Waals surface area contributed by atoms with Gasteiger partial charge in [-0.15, -0.1) is 11.3 Å². The first kappa shape index (κ1) is 19.6. The van der Waals surface area contributed by atoms with Gasteiger partial charge in [-0.25, -0.2) is 9.18 Å². The number of nitrogens with one attached hydrogen (secondary N) is 2. The summed E-state index contributed by atoms with van der Waals surface area (Å²) in [7, 11) is 1.21. The number of anilines is 2. The summed E-state index contributed by atoms with van der Waals surface area (Å²) in [4.78, 5) is 36.8. The Morgan fingerprint density at radius 1 is 1.15 bits per heavy atom. The molecule has 0 saturated carbocycles. The molecule has 0 radical (unpaired) electrons. The number of ether oxygens (including phenoxy) is 1. The summed E-state index contributed by atoms with van der Waals surface area (Å²) >= 11 is 0.942. The molecule has 0 fully saturated rings. The van der Waals surface area contributed by atoms with Gasteiger partial charge in [0.1, 0.15) is 10.8 Å². The second-order valence-corrected chi connectivity index (χ2v) is 6.85. The van der Waals surface area contributed by atoms with Gasteiger partial charge in [0, 0.05) is 5.92 Å². The molecule has 1 heterocycles. The van der Waals surface area contributed by atoms with E-state index >= 15 is 0 Å². The van der Waals surface area contributed by atoms with Crippen LogP contribution in [-0.4, -0.2) is 24.9 Å². The highest BCUT2D eigenvalue weighted by molar-refractivity contribution is 7.18. The largest absolute Gasteiger partial charge is 0.465 e. The van der Waals surface area contributed by atoms with Crippen LogP contribution in [0.4, 0.5) is 15.1 Å². The minimum absolute atomic E-state index is 0.0256. The van der Waals surface area contributed by atoms with Gasteiger partial charge in [-0.2, -0.15) is 0 Å². The van der Waals surface area contributed by atoms with Crippen LogP contribution in [0.3, 0.4) is 0 Å². The minimum Gasteiger partial charge on any atom is -0.465 e. The summed E-state index contributed by atoms with van der Waals surface area (Å²) in [6.07, 6.45) is 0. The number of thiophene rings is 1. The maximum Gasteiger partial charge on any atom is 0.341 e. The lowest BCUT2D eigenvalue weighted by molar-refractivity contribution is -0.118. The Kier molecular flexibility index (Phi) is 6.10. The van der Waals surface area contributed by atoms with Gasteiger partial charge < -0.3 is 15.4 Å². The molecule has 0 aliphatic carbocycles. The average molecular weight is 378 g/mol. The monoisotopic (exact) mass is 378 g/mol. The van der Waals surface area contributed by atoms with Crippen LogP contribution < -0.4 is 10.6 Å². The summed E-state index contributed by atoms with van der Waals surface area (Å²) in [5.74, 6) is -2.41. The van der Waals surface area contributed by atoms with E-state index in [2.05, 4.69) is 10.6 Å². The van der Waals surface area contributed by atoms with Crippen LogP contribution in [0.5, 0.6) is 0 Å². The fourth-order valence-electron chi connectivity index (χ4n) is 2.16. The highest BCUT2D eigenvalue weighted by atomic mass is 32.1. The van der Waals surface area contributed by atoms with E-state index in [1.165, 1.54) is 25.3 Å². The second-order valence-electron chi connectivity index (χ2n) is 5.83. The van der Waals surface area contributed by atoms with Gasteiger partial charge >= 0.3 is 5.97 Å². The number of para-hydroxylation sites is 1. The third kappa shape index (κ3) is 4.08. The summed E-state index contributed by atoms with van der Waals surface area (Å²) in [6, 6.07) is 5.76. The van der Waals surface area contributed by atoms with E-state index in [4.69, 9.17) is 4.74 Å². The van der Waals surface area contributed by atoms with E-state index in [1.807, 2.05) is 0 Å². The molecular formula is C18H19FN2O4S. The molecule has 2 aromatic rings. The summed E-state index contributed by atoms with van der Waals surface area (Å²) < 4.78 is 18.5. The van der Waals surface area contributed by atoms with Crippen molar-refractivity contribution in [2.24, 2.45) is 5.92 Å². The fourth-order valence-corrected chi connectivity index (χ4v) is 3.26. The van der Waals surface area contributed by atoms with E-state index in [0.29, 0.717) is 5.56 Å². The number of esters is 1. The number of rotatable bonds is 5. The lowest BCUT2D eigenvalue weighted by Gasteiger charge is -2.07. The molecule has 2 N–H and O–H groups in total. The fraction of sp³-hybridized carbons (Fsp3) is 0.278. The number of carbonyl (C=O) groups excluding carboxylic acids is 3. The topological polar surface area (TPSA) is 84.5 Å². The van der Waals surface area contributed by atoms with Gasteiger partial charge in [-0.3, -0.25) is 9.59 Å². The lowest BCUT2D eigenvalue weighted by Crippen LogP contribution is -2.19. The molecule has 138 valence electrons. The van der Waals surface area contributed by atoms with Crippen molar-refractivity contribution in [3.8, 4) is 0 Å². The van der Waals surface area contributed by atoms with Crippen molar-refractivity contribution >= 4 is 39.8 Å². The molecule has 2 amide bonds. The van der Waals surface area contributed by atoms with Crippen molar-refractivity contribution in [3.63, 3.8) is 0 Å². The normalized spacial score (nSPS) is 10.5. The second kappa shape index (κ2) is 8.09. The van der Waals surface area contributed by atoms with Crippen molar-refractivity contribution in [1.82, 2.24) is 0 Å². The number of halogens is 1. The minimum atomic E-state index is -0.664. The quantitative estimate of drug-likeness (QED) is 0.775. The zero-order valence-corrected chi connectivity index (χ0v) is 15.6. The number of hydrogen-bond donors (Lipinski definition) is 2. The molecule has 0 saturated heterocycles. The van der Waals surface area contributed by atoms with Crippen LogP contribution in [0.1, 0.15) is 39.4 Å². The van der Waals surface area contributed by atoms with Gasteiger partial charge in [-0.05, 0) is 24.6 Å². The molecule has 0 bridgehead atoms. The van der Waals surface area contributed by atoms with E-state index in [0.717, 1.165) is 11.3 Å². The zero-order chi connectivity index (χ0) is 19.4. The van der Waals surface area contributed by atoms with Gasteiger partial charge in [-0.1, -0.05) is 26.0 Å². The molecule has 0 aliphatic heterocycles. The maximum absolute atomic E-state index is 13.8. The highest BCUT2D eigenvalue weighted by Gasteiger charge is 2.27. The van der Waals surface area contributed by atoms with Crippen molar-refractivity contribution in [2.45, 2.75) is 20.8 Å². The lowest BCUT2D eigenvalue weighted by atomic mass is 10.1. The van der Waals surface area contributed by atoms with Gasteiger partial charge in [0.15, 0.2) is 0 Å². The van der Waals surface area contributed by atoms with Crippen molar-refractivity contribution < 1.29 is 23.5 Å². The van der Waals surface area contributed by atoms with Crippen LogP contribution in [0.2, 0.25) is 0 Å². The smallest absolute Gasteiger partial charge is 0.341 e. The Labute approximate surface area is 154 Å². The van der Waals surface area contributed by atoms with Crippen LogP contribution in [-0.2, 0) is 9.53 Å². The Bertz CT molecular complexity index is 861. The average Bonchev–Trinajstić information content (AvgIpc) is 2.92. The molecule has 0 unspecified atom stereocenters. The number of carbonyl (C=O) groups is 3. The first-order valence-electron chi connectivity index (χ1n) is 7.84. The zero-order valence-electron chi connectivity index (χ0n) is 14.8. The van der Waals surface area contributed by atoms with E-state index < -0.39 is 17.7 Å². The van der Waals surface area contributed by atoms with E-state index in [1.54, 1.807) is 26.8 Å². The highest BCUT2D eigenvalue weighted by Crippen LogP contribution is 2.34. The molecule has 8 heteroatoms. The molecule has 26 heavy (non-hydrogen) atoms. The molecule has 0 aliphatic rings. The first-order valence-corrected chi connectivity index (χ1v) is 8.66. The van der Waals surface area contributed by atoms with Crippen LogP contribution in [0, 0.1) is 18.7 Å². The summed E-state index contributed by atoms with van der Waals surface area (Å²) in [5.41, 5.74) is 0.498. The Balaban J connectivity index is 2.41. The van der Waals surface area contributed by atoms with Gasteiger partial charge in [0.25, 0.3) is 5.91 Å². The maximum atomic E-state index is 13.8. The summed E-state index contributed by atoms with van der Waals surface area (Å²) in [5, 5.41) is 5.34. The SMILES string of the molecule is COC(=O)c1c(NC(=O)C(C)C)sc(C(=O)Nc2ccccc2F)c1C. The summed E-state index contributed by atoms with van der Waals surface area (Å²) in [6.45, 7) is 4.99. The van der Waals surface area contributed by atoms with Crippen LogP contribution in [0.15, 0.2) is 24.3 Å². The Morgan fingerprint density at radius 3 is 2.38 bits per heavy atom. The van der Waals surface area contributed by atoms with Gasteiger partial charge in [0.2, 0.25) is 5.91 Å². The molecule has 1 aromatic carbocycles. The molecule has 1 aromatic heterocycles. The Morgan fingerprint density at radius 2 is 1.81 bits per heavy atom. The first-order chi connectivity index (χ1) is 12.3. The van der Waals surface area contributed by atoms with E-state index in [9.17, 15) is 18.8 Å². The number of methoxy groups -OCH3 is 1. The standard InChI is InChI=1S/C18H19FN2O4S/c1-9(2)15(22)21-17-13(18(24)25-4)10(3)14(26-17)16(23)20-12-8-6-5-7-11(12)19/h5-9H,1-4H3,(H,20,23)(H,21,22). The van der Waals surface area contributed by atoms with Crippen molar-refractivity contribution in [2.75, 3.05) is 17.7 Å². The molecule has 0 atom stereocenters. The van der Waals surface area contributed by atoms with Gasteiger partial charge in [0.05, 0.1) is 23.2 Å². The third-order valence-corrected chi connectivity index (χ3v) is 4.83. The Hall–Kier alpha value is -2.74. The number of benzene rings is 1. The number of hydrogen-bond acceptors (Lipinski definition) is 5. The van der Waals surface area contributed by atoms with Crippen molar-refractivity contribution in [3.05, 3.63) is 46.1 Å². The molecule has 6 nitrogen and oxygen atoms in total. The predicted molar refractivity (Wildman–Crippen MR) is 98.2 cm³/mol. The number of amides is 2. The van der Waals surface area contributed by atoms with Crippen LogP contribution >= 0.6 is 11.3 Å². The molecule has 2 rings (SSSR count).